The molecule has 0 saturated heterocycles. The first-order valence-electron chi connectivity index (χ1n) is 11.2. The largest absolute Gasteiger partial charge is 0.478 e. The van der Waals surface area contributed by atoms with Gasteiger partial charge in [-0.3, -0.25) is 4.79 Å². The van der Waals surface area contributed by atoms with Gasteiger partial charge in [-0.2, -0.15) is 0 Å². The van der Waals surface area contributed by atoms with Crippen molar-refractivity contribution in [3.63, 3.8) is 0 Å². The van der Waals surface area contributed by atoms with Crippen LogP contribution in [-0.4, -0.2) is 44.5 Å². The Morgan fingerprint density at radius 1 is 1.26 bits per heavy atom. The topological polar surface area (TPSA) is 94.8 Å². The smallest absolute Gasteiger partial charge is 0.335 e. The molecule has 31 heavy (non-hydrogen) atoms. The molecule has 2 aliphatic rings. The lowest BCUT2D eigenvalue weighted by molar-refractivity contribution is -0.117. The highest BCUT2D eigenvalue weighted by Gasteiger charge is 2.43. The van der Waals surface area contributed by atoms with E-state index in [2.05, 4.69) is 13.8 Å². The van der Waals surface area contributed by atoms with Crippen LogP contribution in [0.25, 0.3) is 0 Å². The predicted octanol–water partition coefficient (Wildman–Crippen LogP) is 4.46. The number of hydrogen-bond acceptors (Lipinski definition) is 5. The summed E-state index contributed by atoms with van der Waals surface area (Å²) in [5, 5.41) is 29.9. The Morgan fingerprint density at radius 2 is 1.94 bits per heavy atom. The van der Waals surface area contributed by atoms with E-state index in [0.29, 0.717) is 18.1 Å². The van der Waals surface area contributed by atoms with Gasteiger partial charge in [0.1, 0.15) is 5.78 Å². The molecule has 2 unspecified atom stereocenters. The molecule has 0 aliphatic heterocycles. The molecule has 0 radical (unpaired) electrons. The van der Waals surface area contributed by atoms with E-state index in [1.807, 2.05) is 12.2 Å². The zero-order valence-corrected chi connectivity index (χ0v) is 19.2. The molecule has 6 heteroatoms. The fraction of sp³-hybridized carbons (Fsp3) is 0.600. The van der Waals surface area contributed by atoms with Crippen LogP contribution >= 0.6 is 11.8 Å². The zero-order chi connectivity index (χ0) is 22.6. The highest BCUT2D eigenvalue weighted by Crippen LogP contribution is 2.49. The highest BCUT2D eigenvalue weighted by molar-refractivity contribution is 7.99. The van der Waals surface area contributed by atoms with Crippen molar-refractivity contribution >= 4 is 23.5 Å². The highest BCUT2D eigenvalue weighted by atomic mass is 32.2. The third-order valence-corrected chi connectivity index (χ3v) is 8.18. The van der Waals surface area contributed by atoms with Gasteiger partial charge in [-0.1, -0.05) is 44.6 Å². The number of carboxylic acids is 1. The van der Waals surface area contributed by atoms with Crippen molar-refractivity contribution in [3.05, 3.63) is 47.5 Å². The van der Waals surface area contributed by atoms with Crippen molar-refractivity contribution in [2.45, 2.75) is 75.6 Å². The molecule has 2 aliphatic carbocycles. The third-order valence-electron chi connectivity index (χ3n) is 6.74. The molecule has 0 amide bonds. The molecule has 1 aromatic rings. The van der Waals surface area contributed by atoms with Crippen LogP contribution in [0.3, 0.4) is 0 Å². The Kier molecular flexibility index (Phi) is 8.00. The van der Waals surface area contributed by atoms with Crippen LogP contribution in [0.2, 0.25) is 0 Å². The molecule has 2 saturated carbocycles. The van der Waals surface area contributed by atoms with Gasteiger partial charge in [0.25, 0.3) is 0 Å². The maximum Gasteiger partial charge on any atom is 0.335 e. The number of rotatable bonds is 10. The molecule has 0 bridgehead atoms. The van der Waals surface area contributed by atoms with E-state index in [1.165, 1.54) is 18.2 Å². The molecule has 4 atom stereocenters. The van der Waals surface area contributed by atoms with Gasteiger partial charge < -0.3 is 15.3 Å². The van der Waals surface area contributed by atoms with Crippen molar-refractivity contribution in [2.24, 2.45) is 17.3 Å². The average Bonchev–Trinajstić information content (AvgIpc) is 2.95. The van der Waals surface area contributed by atoms with E-state index < -0.39 is 12.1 Å². The number of benzene rings is 1. The third kappa shape index (κ3) is 5.79. The molecule has 0 heterocycles. The first-order valence-corrected chi connectivity index (χ1v) is 12.3. The van der Waals surface area contributed by atoms with Gasteiger partial charge in [0.05, 0.1) is 23.0 Å². The maximum absolute atomic E-state index is 12.5. The van der Waals surface area contributed by atoms with Gasteiger partial charge in [0.15, 0.2) is 0 Å². The average molecular weight is 447 g/mol. The van der Waals surface area contributed by atoms with Crippen LogP contribution in [0.4, 0.5) is 0 Å². The Bertz CT molecular complexity index is 797. The minimum Gasteiger partial charge on any atom is -0.478 e. The van der Waals surface area contributed by atoms with Crippen LogP contribution < -0.4 is 0 Å². The van der Waals surface area contributed by atoms with Crippen molar-refractivity contribution in [1.82, 2.24) is 0 Å². The number of aliphatic hydroxyl groups is 2. The Hall–Kier alpha value is -1.63. The van der Waals surface area contributed by atoms with Crippen molar-refractivity contribution in [1.29, 1.82) is 0 Å². The maximum atomic E-state index is 12.5. The summed E-state index contributed by atoms with van der Waals surface area (Å²) in [6, 6.07) is 6.66. The van der Waals surface area contributed by atoms with Crippen molar-refractivity contribution in [2.75, 3.05) is 0 Å². The minimum atomic E-state index is -0.960. The number of ketones is 1. The summed E-state index contributed by atoms with van der Waals surface area (Å²) in [7, 11) is 0. The van der Waals surface area contributed by atoms with Gasteiger partial charge >= 0.3 is 5.97 Å². The van der Waals surface area contributed by atoms with E-state index in [1.54, 1.807) is 24.3 Å². The fourth-order valence-electron chi connectivity index (χ4n) is 4.97. The van der Waals surface area contributed by atoms with E-state index in [0.717, 1.165) is 24.8 Å². The lowest BCUT2D eigenvalue weighted by Crippen LogP contribution is -2.42. The number of carboxylic acid groups (broad SMARTS) is 1. The van der Waals surface area contributed by atoms with Gasteiger partial charge in [0, 0.05) is 18.1 Å². The summed E-state index contributed by atoms with van der Waals surface area (Å²) in [6.45, 7) is 4.39. The number of hydrogen-bond donors (Lipinski definition) is 3. The van der Waals surface area contributed by atoms with Crippen LogP contribution in [0.15, 0.2) is 36.4 Å². The standard InChI is InChI=1S/C25H34O5S/c1-16(2)14-25(11-4-12-25)22(28)6-3-5-19-20(26)13-21(27)23(19)31-15-17-7-9-18(10-8-17)24(29)30/h3,5,7-10,16,19-20,22-23,26,28H,4,6,11-15H2,1-2H3,(H,29,30)/b5-3+/t19-,20+,22?,23?/m0/s1. The molecule has 0 aromatic heterocycles. The first-order chi connectivity index (χ1) is 14.7. The Labute approximate surface area is 188 Å². The lowest BCUT2D eigenvalue weighted by Gasteiger charge is -2.46. The molecule has 0 spiro atoms. The van der Waals surface area contributed by atoms with Crippen molar-refractivity contribution in [3.8, 4) is 0 Å². The van der Waals surface area contributed by atoms with Crippen LogP contribution in [0.5, 0.6) is 0 Å². The monoisotopic (exact) mass is 446 g/mol. The number of aliphatic hydroxyl groups excluding tert-OH is 2. The van der Waals surface area contributed by atoms with Crippen LogP contribution in [-0.2, 0) is 10.5 Å². The van der Waals surface area contributed by atoms with E-state index in [9.17, 15) is 19.8 Å². The SMILES string of the molecule is CC(C)CC1(C(O)C/C=C/[C@@H]2C(SCc3ccc(C(=O)O)cc3)C(=O)C[C@H]2O)CCC1. The summed E-state index contributed by atoms with van der Waals surface area (Å²) in [5.41, 5.74) is 1.21. The Balaban J connectivity index is 1.58. The Morgan fingerprint density at radius 3 is 2.48 bits per heavy atom. The molecule has 3 rings (SSSR count). The second-order valence-corrected chi connectivity index (χ2v) is 10.7. The van der Waals surface area contributed by atoms with Crippen LogP contribution in [0.1, 0.15) is 68.3 Å². The summed E-state index contributed by atoms with van der Waals surface area (Å²) in [5.74, 6) is -0.0418. The van der Waals surface area contributed by atoms with Gasteiger partial charge in [-0.25, -0.2) is 4.79 Å². The number of aromatic carboxylic acids is 1. The molecule has 5 nitrogen and oxygen atoms in total. The summed E-state index contributed by atoms with van der Waals surface area (Å²) >= 11 is 1.49. The molecule has 2 fully saturated rings. The number of carbonyl (C=O) groups is 2. The number of Topliss-reactive ketones (excluding diaryl/α,β-unsaturated/α-hetero) is 1. The molecular formula is C25H34O5S. The first kappa shape index (κ1) is 24.0. The van der Waals surface area contributed by atoms with Gasteiger partial charge in [-0.05, 0) is 54.7 Å². The molecule has 3 N–H and O–H groups in total. The second kappa shape index (κ2) is 10.3. The van der Waals surface area contributed by atoms with E-state index in [4.69, 9.17) is 5.11 Å². The molecule has 1 aromatic carbocycles. The summed E-state index contributed by atoms with van der Waals surface area (Å²) < 4.78 is 0. The van der Waals surface area contributed by atoms with Gasteiger partial charge in [0.2, 0.25) is 0 Å². The summed E-state index contributed by atoms with van der Waals surface area (Å²) in [4.78, 5) is 23.4. The van der Waals surface area contributed by atoms with Gasteiger partial charge in [-0.15, -0.1) is 11.8 Å². The number of thioether (sulfide) groups is 1. The lowest BCUT2D eigenvalue weighted by atomic mass is 9.60. The summed E-state index contributed by atoms with van der Waals surface area (Å²) in [6.07, 6.45) is 7.87. The van der Waals surface area contributed by atoms with Crippen molar-refractivity contribution < 1.29 is 24.9 Å². The van der Waals surface area contributed by atoms with E-state index in [-0.39, 0.29) is 40.5 Å². The van der Waals surface area contributed by atoms with Crippen LogP contribution in [0, 0.1) is 17.3 Å². The zero-order valence-electron chi connectivity index (χ0n) is 18.4. The molecular weight excluding hydrogens is 412 g/mol. The molecule has 170 valence electrons. The fourth-order valence-corrected chi connectivity index (χ4v) is 6.31. The number of carbonyl (C=O) groups excluding carboxylic acids is 1. The quantitative estimate of drug-likeness (QED) is 0.459. The minimum absolute atomic E-state index is 0.0267. The van der Waals surface area contributed by atoms with E-state index >= 15 is 0 Å². The normalized spacial score (nSPS) is 26.4. The predicted molar refractivity (Wildman–Crippen MR) is 123 cm³/mol. The second-order valence-electron chi connectivity index (χ2n) is 9.54.